The highest BCUT2D eigenvalue weighted by Crippen LogP contribution is 2.33. The second-order valence-electron chi connectivity index (χ2n) is 6.48. The van der Waals surface area contributed by atoms with Gasteiger partial charge < -0.3 is 4.90 Å². The van der Waals surface area contributed by atoms with Gasteiger partial charge >= 0.3 is 0 Å². The molecule has 0 saturated carbocycles. The summed E-state index contributed by atoms with van der Waals surface area (Å²) in [5, 5.41) is 0.296. The van der Waals surface area contributed by atoms with Crippen molar-refractivity contribution in [3.8, 4) is 0 Å². The molecule has 0 bridgehead atoms. The summed E-state index contributed by atoms with van der Waals surface area (Å²) in [6.45, 7) is 5.26. The first kappa shape index (κ1) is 20.2. The normalized spacial score (nSPS) is 14.0. The predicted molar refractivity (Wildman–Crippen MR) is 103 cm³/mol. The molecule has 0 aliphatic carbocycles. The molecule has 0 radical (unpaired) electrons. The lowest BCUT2D eigenvalue weighted by atomic mass is 9.92. The lowest BCUT2D eigenvalue weighted by molar-refractivity contribution is -0.123. The summed E-state index contributed by atoms with van der Waals surface area (Å²) in [6.07, 6.45) is 5.29. The highest BCUT2D eigenvalue weighted by molar-refractivity contribution is 7.99. The fourth-order valence-electron chi connectivity index (χ4n) is 2.93. The largest absolute Gasteiger partial charge is 0.309 e. The molecule has 3 heteroatoms. The number of thioether (sulfide) groups is 1. The van der Waals surface area contributed by atoms with Crippen molar-refractivity contribution in [2.45, 2.75) is 51.2 Å². The minimum absolute atomic E-state index is 0.181. The van der Waals surface area contributed by atoms with Crippen molar-refractivity contribution < 1.29 is 4.79 Å². The summed E-state index contributed by atoms with van der Waals surface area (Å²) in [4.78, 5) is 15.0. The first-order valence-corrected chi connectivity index (χ1v) is 9.97. The van der Waals surface area contributed by atoms with E-state index in [1.54, 1.807) is 0 Å². The van der Waals surface area contributed by atoms with E-state index < -0.39 is 0 Å². The van der Waals surface area contributed by atoms with Crippen molar-refractivity contribution >= 4 is 17.5 Å². The smallest absolute Gasteiger partial charge is 0.138 e. The molecule has 1 aromatic rings. The summed E-state index contributed by atoms with van der Waals surface area (Å²) in [6, 6.07) is 10.5. The minimum Gasteiger partial charge on any atom is -0.309 e. The van der Waals surface area contributed by atoms with Crippen molar-refractivity contribution in [3.63, 3.8) is 0 Å². The van der Waals surface area contributed by atoms with Crippen LogP contribution in [0.25, 0.3) is 0 Å². The SMILES string of the molecule is CCCCC[C@@H](CN(C)C)C(=O)C[C@H](SCC)c1ccccc1. The number of ketones is 1. The standard InChI is InChI=1S/C20H33NOS/c1-5-7-9-14-18(16-21(3)4)19(22)15-20(23-6-2)17-12-10-8-11-13-17/h8,10-13,18,20H,5-7,9,14-16H2,1-4H3/t18-,20-/m0/s1. The number of hydrogen-bond donors (Lipinski definition) is 0. The molecular formula is C20H33NOS. The molecule has 2 nitrogen and oxygen atoms in total. The van der Waals surface area contributed by atoms with E-state index in [0.29, 0.717) is 17.5 Å². The zero-order valence-electron chi connectivity index (χ0n) is 15.3. The van der Waals surface area contributed by atoms with Gasteiger partial charge in [-0.3, -0.25) is 4.79 Å². The molecule has 2 atom stereocenters. The van der Waals surface area contributed by atoms with Crippen LogP contribution in [0.4, 0.5) is 0 Å². The number of hydrogen-bond acceptors (Lipinski definition) is 3. The van der Waals surface area contributed by atoms with E-state index >= 15 is 0 Å². The van der Waals surface area contributed by atoms with Gasteiger partial charge in [-0.1, -0.05) is 63.4 Å². The molecule has 0 saturated heterocycles. The van der Waals surface area contributed by atoms with Crippen molar-refractivity contribution in [1.82, 2.24) is 4.90 Å². The Morgan fingerprint density at radius 1 is 1.13 bits per heavy atom. The van der Waals surface area contributed by atoms with Gasteiger partial charge in [0.25, 0.3) is 0 Å². The third-order valence-electron chi connectivity index (χ3n) is 4.12. The van der Waals surface area contributed by atoms with Gasteiger partial charge in [0.15, 0.2) is 0 Å². The third-order valence-corrected chi connectivity index (χ3v) is 5.30. The van der Waals surface area contributed by atoms with E-state index in [2.05, 4.69) is 57.1 Å². The summed E-state index contributed by atoms with van der Waals surface area (Å²) in [7, 11) is 4.13. The molecule has 0 N–H and O–H groups in total. The Kier molecular flexibility index (Phi) is 10.3. The maximum absolute atomic E-state index is 12.9. The van der Waals surface area contributed by atoms with Gasteiger partial charge in [0.1, 0.15) is 5.78 Å². The van der Waals surface area contributed by atoms with Crippen LogP contribution in [-0.2, 0) is 4.79 Å². The average molecular weight is 336 g/mol. The molecule has 0 fully saturated rings. The number of benzene rings is 1. The molecule has 0 aliphatic rings. The van der Waals surface area contributed by atoms with Crippen LogP contribution in [0.15, 0.2) is 30.3 Å². The van der Waals surface area contributed by atoms with Crippen LogP contribution >= 0.6 is 11.8 Å². The monoisotopic (exact) mass is 335 g/mol. The van der Waals surface area contributed by atoms with Crippen LogP contribution in [0.3, 0.4) is 0 Å². The van der Waals surface area contributed by atoms with Crippen molar-refractivity contribution in [1.29, 1.82) is 0 Å². The van der Waals surface area contributed by atoms with Gasteiger partial charge in [-0.25, -0.2) is 0 Å². The lowest BCUT2D eigenvalue weighted by Gasteiger charge is -2.23. The molecule has 0 spiro atoms. The van der Waals surface area contributed by atoms with Crippen LogP contribution in [0.2, 0.25) is 0 Å². The molecule has 0 heterocycles. The number of nitrogens with zero attached hydrogens (tertiary/aromatic N) is 1. The molecule has 0 aliphatic heterocycles. The summed E-state index contributed by atoms with van der Waals surface area (Å²) >= 11 is 1.89. The Bertz CT molecular complexity index is 433. The number of carbonyl (C=O) groups excluding carboxylic acids is 1. The van der Waals surface area contributed by atoms with Crippen molar-refractivity contribution in [2.75, 3.05) is 26.4 Å². The molecular weight excluding hydrogens is 302 g/mol. The molecule has 130 valence electrons. The van der Waals surface area contributed by atoms with E-state index in [1.807, 2.05) is 17.8 Å². The van der Waals surface area contributed by atoms with Gasteiger partial charge in [0.2, 0.25) is 0 Å². The van der Waals surface area contributed by atoms with Crippen LogP contribution in [-0.4, -0.2) is 37.1 Å². The molecule has 0 aromatic heterocycles. The quantitative estimate of drug-likeness (QED) is 0.490. The Balaban J connectivity index is 2.72. The van der Waals surface area contributed by atoms with Gasteiger partial charge in [-0.2, -0.15) is 11.8 Å². The molecule has 1 rings (SSSR count). The van der Waals surface area contributed by atoms with Gasteiger partial charge in [-0.05, 0) is 31.8 Å². The van der Waals surface area contributed by atoms with E-state index in [4.69, 9.17) is 0 Å². The molecule has 0 amide bonds. The van der Waals surface area contributed by atoms with Gasteiger partial charge in [0.05, 0.1) is 0 Å². The van der Waals surface area contributed by atoms with E-state index in [9.17, 15) is 4.79 Å². The number of unbranched alkanes of at least 4 members (excludes halogenated alkanes) is 2. The highest BCUT2D eigenvalue weighted by atomic mass is 32.2. The average Bonchev–Trinajstić information content (AvgIpc) is 2.54. The summed E-state index contributed by atoms with van der Waals surface area (Å²) in [5.41, 5.74) is 1.28. The number of Topliss-reactive ketones (excluding diaryl/α,β-unsaturated/α-hetero) is 1. The maximum atomic E-state index is 12.9. The molecule has 0 unspecified atom stereocenters. The third kappa shape index (κ3) is 8.03. The fourth-order valence-corrected chi connectivity index (χ4v) is 3.96. The van der Waals surface area contributed by atoms with Crippen LogP contribution in [0.1, 0.15) is 56.8 Å². The van der Waals surface area contributed by atoms with Crippen LogP contribution in [0, 0.1) is 5.92 Å². The Labute approximate surface area is 147 Å². The van der Waals surface area contributed by atoms with Crippen molar-refractivity contribution in [3.05, 3.63) is 35.9 Å². The van der Waals surface area contributed by atoms with Gasteiger partial charge in [0, 0.05) is 24.1 Å². The molecule has 23 heavy (non-hydrogen) atoms. The zero-order chi connectivity index (χ0) is 17.1. The second kappa shape index (κ2) is 11.7. The number of rotatable bonds is 12. The van der Waals surface area contributed by atoms with Crippen LogP contribution in [0.5, 0.6) is 0 Å². The highest BCUT2D eigenvalue weighted by Gasteiger charge is 2.23. The zero-order valence-corrected chi connectivity index (χ0v) is 16.1. The van der Waals surface area contributed by atoms with Crippen molar-refractivity contribution in [2.24, 2.45) is 5.92 Å². The van der Waals surface area contributed by atoms with Gasteiger partial charge in [-0.15, -0.1) is 0 Å². The summed E-state index contributed by atoms with van der Waals surface area (Å²) in [5.74, 6) is 1.66. The Morgan fingerprint density at radius 3 is 2.39 bits per heavy atom. The first-order valence-electron chi connectivity index (χ1n) is 8.92. The van der Waals surface area contributed by atoms with E-state index in [0.717, 1.165) is 25.1 Å². The lowest BCUT2D eigenvalue weighted by Crippen LogP contribution is -2.28. The molecule has 1 aromatic carbocycles. The summed E-state index contributed by atoms with van der Waals surface area (Å²) < 4.78 is 0. The van der Waals surface area contributed by atoms with Crippen LogP contribution < -0.4 is 0 Å². The topological polar surface area (TPSA) is 20.3 Å². The predicted octanol–water partition coefficient (Wildman–Crippen LogP) is 5.20. The van der Waals surface area contributed by atoms with E-state index in [-0.39, 0.29) is 5.92 Å². The minimum atomic E-state index is 0.181. The van der Waals surface area contributed by atoms with E-state index in [1.165, 1.54) is 18.4 Å². The Hall–Kier alpha value is -0.800. The number of carbonyl (C=O) groups is 1. The second-order valence-corrected chi connectivity index (χ2v) is 7.96. The Morgan fingerprint density at radius 2 is 1.83 bits per heavy atom. The fraction of sp³-hybridized carbons (Fsp3) is 0.650. The first-order chi connectivity index (χ1) is 11.1. The maximum Gasteiger partial charge on any atom is 0.138 e.